The molecule has 0 radical (unpaired) electrons. The molecule has 1 fully saturated rings. The third-order valence-electron chi connectivity index (χ3n) is 3.81. The lowest BCUT2D eigenvalue weighted by molar-refractivity contribution is 0.213. The average molecular weight is 233 g/mol. The van der Waals surface area contributed by atoms with Crippen molar-refractivity contribution in [1.82, 2.24) is 5.32 Å². The Kier molecular flexibility index (Phi) is 4.19. The number of aliphatic hydroxyl groups excluding tert-OH is 1. The van der Waals surface area contributed by atoms with Crippen molar-refractivity contribution in [2.75, 3.05) is 13.2 Å². The van der Waals surface area contributed by atoms with E-state index in [2.05, 4.69) is 43.4 Å². The Labute approximate surface area is 104 Å². The van der Waals surface area contributed by atoms with Gasteiger partial charge in [-0.2, -0.15) is 0 Å². The molecule has 1 heterocycles. The van der Waals surface area contributed by atoms with Crippen LogP contribution in [-0.2, 0) is 0 Å². The van der Waals surface area contributed by atoms with E-state index in [4.69, 9.17) is 5.11 Å². The molecule has 2 nitrogen and oxygen atoms in total. The first-order valence-electron chi connectivity index (χ1n) is 6.64. The Morgan fingerprint density at radius 2 is 1.94 bits per heavy atom. The molecular weight excluding hydrogens is 210 g/mol. The quantitative estimate of drug-likeness (QED) is 0.841. The van der Waals surface area contributed by atoms with Crippen LogP contribution in [0.4, 0.5) is 0 Å². The molecule has 2 heteroatoms. The predicted molar refractivity (Wildman–Crippen MR) is 71.4 cm³/mol. The van der Waals surface area contributed by atoms with Crippen molar-refractivity contribution in [3.8, 4) is 0 Å². The van der Waals surface area contributed by atoms with Crippen LogP contribution in [0.3, 0.4) is 0 Å². The lowest BCUT2D eigenvalue weighted by atomic mass is 9.88. The van der Waals surface area contributed by atoms with Gasteiger partial charge in [0.15, 0.2) is 0 Å². The molecule has 0 bridgehead atoms. The molecule has 0 saturated carbocycles. The smallest absolute Gasteiger partial charge is 0.0584 e. The molecule has 2 N–H and O–H groups in total. The number of hydrogen-bond acceptors (Lipinski definition) is 2. The number of hydrogen-bond donors (Lipinski definition) is 2. The zero-order valence-electron chi connectivity index (χ0n) is 10.8. The summed E-state index contributed by atoms with van der Waals surface area (Å²) in [5.74, 6) is 1.21. The number of piperidine rings is 1. The monoisotopic (exact) mass is 233 g/mol. The first-order chi connectivity index (χ1) is 8.20. The lowest BCUT2D eigenvalue weighted by Crippen LogP contribution is -2.40. The standard InChI is InChI=1S/C15H23NO/c1-11(2)12-3-5-13(6-4-12)14-7-8-15(10-17)16-9-14/h3-6,11,14-17H,7-10H2,1-2H3. The summed E-state index contributed by atoms with van der Waals surface area (Å²) in [5, 5.41) is 12.5. The average Bonchev–Trinajstić information content (AvgIpc) is 2.39. The first-order valence-corrected chi connectivity index (χ1v) is 6.64. The van der Waals surface area contributed by atoms with Crippen LogP contribution in [0.2, 0.25) is 0 Å². The second-order valence-electron chi connectivity index (χ2n) is 5.38. The minimum absolute atomic E-state index is 0.263. The fourth-order valence-corrected chi connectivity index (χ4v) is 2.51. The van der Waals surface area contributed by atoms with Crippen LogP contribution < -0.4 is 5.32 Å². The van der Waals surface area contributed by atoms with Gasteiger partial charge in [-0.05, 0) is 35.8 Å². The number of nitrogens with one attached hydrogen (secondary N) is 1. The third-order valence-corrected chi connectivity index (χ3v) is 3.81. The molecule has 17 heavy (non-hydrogen) atoms. The molecule has 2 rings (SSSR count). The Balaban J connectivity index is 1.99. The second-order valence-corrected chi connectivity index (χ2v) is 5.38. The van der Waals surface area contributed by atoms with Crippen LogP contribution in [0.1, 0.15) is 49.7 Å². The highest BCUT2D eigenvalue weighted by molar-refractivity contribution is 5.27. The zero-order chi connectivity index (χ0) is 12.3. The van der Waals surface area contributed by atoms with E-state index in [1.54, 1.807) is 0 Å². The van der Waals surface area contributed by atoms with Crippen LogP contribution in [0.25, 0.3) is 0 Å². The lowest BCUT2D eigenvalue weighted by Gasteiger charge is -2.29. The maximum absolute atomic E-state index is 9.08. The van der Waals surface area contributed by atoms with E-state index < -0.39 is 0 Å². The van der Waals surface area contributed by atoms with E-state index in [0.29, 0.717) is 17.9 Å². The van der Waals surface area contributed by atoms with Gasteiger partial charge >= 0.3 is 0 Å². The summed E-state index contributed by atoms with van der Waals surface area (Å²) in [7, 11) is 0. The highest BCUT2D eigenvalue weighted by Crippen LogP contribution is 2.26. The molecule has 94 valence electrons. The summed E-state index contributed by atoms with van der Waals surface area (Å²) in [6, 6.07) is 9.33. The predicted octanol–water partition coefficient (Wildman–Crippen LogP) is 2.64. The van der Waals surface area contributed by atoms with Gasteiger partial charge in [0, 0.05) is 12.6 Å². The Morgan fingerprint density at radius 1 is 1.24 bits per heavy atom. The van der Waals surface area contributed by atoms with E-state index >= 15 is 0 Å². The molecule has 1 aliphatic rings. The molecule has 0 spiro atoms. The van der Waals surface area contributed by atoms with Crippen molar-refractivity contribution in [2.24, 2.45) is 0 Å². The third kappa shape index (κ3) is 3.08. The summed E-state index contributed by atoms with van der Waals surface area (Å²) in [4.78, 5) is 0. The first kappa shape index (κ1) is 12.6. The van der Waals surface area contributed by atoms with Gasteiger partial charge in [0.05, 0.1) is 6.61 Å². The van der Waals surface area contributed by atoms with Crippen molar-refractivity contribution in [1.29, 1.82) is 0 Å². The van der Waals surface area contributed by atoms with Gasteiger partial charge in [0.25, 0.3) is 0 Å². The van der Waals surface area contributed by atoms with E-state index in [1.165, 1.54) is 17.5 Å². The van der Waals surface area contributed by atoms with Crippen LogP contribution >= 0.6 is 0 Å². The highest BCUT2D eigenvalue weighted by Gasteiger charge is 2.20. The normalized spacial score (nSPS) is 25.2. The summed E-state index contributed by atoms with van der Waals surface area (Å²) in [6.45, 7) is 5.71. The molecule has 1 aliphatic heterocycles. The number of aliphatic hydroxyl groups is 1. The Hall–Kier alpha value is -0.860. The molecule has 1 aromatic carbocycles. The largest absolute Gasteiger partial charge is 0.395 e. The fraction of sp³-hybridized carbons (Fsp3) is 0.600. The topological polar surface area (TPSA) is 32.3 Å². The zero-order valence-corrected chi connectivity index (χ0v) is 10.8. The SMILES string of the molecule is CC(C)c1ccc(C2CCC(CO)NC2)cc1. The Bertz CT molecular complexity index is 336. The summed E-state index contributed by atoms with van der Waals surface area (Å²) < 4.78 is 0. The van der Waals surface area contributed by atoms with Crippen molar-refractivity contribution in [3.63, 3.8) is 0 Å². The fourth-order valence-electron chi connectivity index (χ4n) is 2.51. The number of benzene rings is 1. The van der Waals surface area contributed by atoms with Crippen molar-refractivity contribution < 1.29 is 5.11 Å². The van der Waals surface area contributed by atoms with Gasteiger partial charge < -0.3 is 10.4 Å². The van der Waals surface area contributed by atoms with E-state index in [9.17, 15) is 0 Å². The van der Waals surface area contributed by atoms with E-state index in [1.807, 2.05) is 0 Å². The minimum atomic E-state index is 0.263. The maximum atomic E-state index is 9.08. The minimum Gasteiger partial charge on any atom is -0.395 e. The van der Waals surface area contributed by atoms with Crippen LogP contribution in [0, 0.1) is 0 Å². The van der Waals surface area contributed by atoms with Gasteiger partial charge in [-0.25, -0.2) is 0 Å². The van der Waals surface area contributed by atoms with Crippen LogP contribution in [0.15, 0.2) is 24.3 Å². The van der Waals surface area contributed by atoms with Crippen LogP contribution in [-0.4, -0.2) is 24.3 Å². The second kappa shape index (κ2) is 5.65. The van der Waals surface area contributed by atoms with Gasteiger partial charge in [0.2, 0.25) is 0 Å². The highest BCUT2D eigenvalue weighted by atomic mass is 16.3. The summed E-state index contributed by atoms with van der Waals surface area (Å²) in [6.07, 6.45) is 2.26. The van der Waals surface area contributed by atoms with Crippen molar-refractivity contribution >= 4 is 0 Å². The van der Waals surface area contributed by atoms with Crippen molar-refractivity contribution in [2.45, 2.75) is 44.6 Å². The number of rotatable bonds is 3. The molecule has 1 aromatic rings. The summed E-state index contributed by atoms with van der Waals surface area (Å²) in [5.41, 5.74) is 2.84. The molecule has 0 aliphatic carbocycles. The molecule has 2 unspecified atom stereocenters. The molecular formula is C15H23NO. The van der Waals surface area contributed by atoms with Crippen LogP contribution in [0.5, 0.6) is 0 Å². The summed E-state index contributed by atoms with van der Waals surface area (Å²) >= 11 is 0. The molecule has 0 amide bonds. The van der Waals surface area contributed by atoms with Gasteiger partial charge in [-0.3, -0.25) is 0 Å². The van der Waals surface area contributed by atoms with Gasteiger partial charge in [-0.15, -0.1) is 0 Å². The molecule has 1 saturated heterocycles. The van der Waals surface area contributed by atoms with Gasteiger partial charge in [0.1, 0.15) is 0 Å². The van der Waals surface area contributed by atoms with Gasteiger partial charge in [-0.1, -0.05) is 38.1 Å². The van der Waals surface area contributed by atoms with E-state index in [-0.39, 0.29) is 6.61 Å². The molecule has 2 atom stereocenters. The van der Waals surface area contributed by atoms with Crippen molar-refractivity contribution in [3.05, 3.63) is 35.4 Å². The Morgan fingerprint density at radius 3 is 2.41 bits per heavy atom. The van der Waals surface area contributed by atoms with E-state index in [0.717, 1.165) is 13.0 Å². The maximum Gasteiger partial charge on any atom is 0.0584 e. The molecule has 0 aromatic heterocycles.